The van der Waals surface area contributed by atoms with Gasteiger partial charge in [0.2, 0.25) is 5.76 Å². The quantitative estimate of drug-likeness (QED) is 0.899. The minimum Gasteiger partial charge on any atom is -0.493 e. The third-order valence-electron chi connectivity index (χ3n) is 2.62. The van der Waals surface area contributed by atoms with Gasteiger partial charge in [-0.3, -0.25) is 0 Å². The number of hydrogen-bond donors (Lipinski definition) is 1. The van der Waals surface area contributed by atoms with Crippen molar-refractivity contribution in [1.82, 2.24) is 0 Å². The molecule has 0 aliphatic heterocycles. The first-order chi connectivity index (χ1) is 9.65. The lowest BCUT2D eigenvalue weighted by atomic mass is 10.2. The molecule has 0 spiro atoms. The molecule has 102 valence electrons. The number of rotatable bonds is 5. The molecule has 1 aromatic heterocycles. The zero-order valence-corrected chi connectivity index (χ0v) is 10.6. The molecule has 0 saturated carbocycles. The lowest BCUT2D eigenvalue weighted by Gasteiger charge is -2.10. The Balaban J connectivity index is 2.17. The van der Waals surface area contributed by atoms with Gasteiger partial charge in [0.15, 0.2) is 11.5 Å². The molecule has 0 radical (unpaired) electrons. The van der Waals surface area contributed by atoms with E-state index in [9.17, 15) is 4.79 Å². The first-order valence-electron chi connectivity index (χ1n) is 5.66. The zero-order chi connectivity index (χ0) is 14.5. The summed E-state index contributed by atoms with van der Waals surface area (Å²) in [5.41, 5.74) is 0.868. The highest BCUT2D eigenvalue weighted by atomic mass is 16.5. The van der Waals surface area contributed by atoms with Gasteiger partial charge in [0.1, 0.15) is 6.61 Å². The summed E-state index contributed by atoms with van der Waals surface area (Å²) in [6.07, 6.45) is 1.29. The third kappa shape index (κ3) is 2.72. The predicted molar refractivity (Wildman–Crippen MR) is 67.7 cm³/mol. The molecule has 1 heterocycles. The van der Waals surface area contributed by atoms with Crippen LogP contribution in [0.3, 0.4) is 0 Å². The van der Waals surface area contributed by atoms with Crippen molar-refractivity contribution in [1.29, 1.82) is 5.26 Å². The molecule has 0 aliphatic carbocycles. The van der Waals surface area contributed by atoms with E-state index in [1.165, 1.54) is 19.4 Å². The van der Waals surface area contributed by atoms with Crippen LogP contribution in [-0.2, 0) is 6.61 Å². The van der Waals surface area contributed by atoms with Crippen molar-refractivity contribution in [2.24, 2.45) is 0 Å². The van der Waals surface area contributed by atoms with Crippen LogP contribution < -0.4 is 9.47 Å². The van der Waals surface area contributed by atoms with E-state index in [4.69, 9.17) is 24.3 Å². The summed E-state index contributed by atoms with van der Waals surface area (Å²) in [4.78, 5) is 10.9. The molecule has 1 N–H and O–H groups in total. The van der Waals surface area contributed by atoms with Crippen molar-refractivity contribution in [3.05, 3.63) is 47.4 Å². The van der Waals surface area contributed by atoms with Gasteiger partial charge in [0, 0.05) is 11.6 Å². The predicted octanol–water partition coefficient (Wildman–Crippen LogP) is 2.44. The number of benzene rings is 1. The molecule has 0 saturated heterocycles. The van der Waals surface area contributed by atoms with Gasteiger partial charge in [0.05, 0.1) is 25.0 Å². The first kappa shape index (κ1) is 13.5. The molecular weight excluding hydrogens is 262 g/mol. The molecule has 0 bridgehead atoms. The van der Waals surface area contributed by atoms with Gasteiger partial charge in [-0.15, -0.1) is 0 Å². The van der Waals surface area contributed by atoms with Crippen molar-refractivity contribution < 1.29 is 23.8 Å². The standard InChI is InChI=1S/C14H11NO5/c1-18-12-6-9(7-15)2-3-11(12)20-8-10-4-5-19-13(10)14(16)17/h2-6H,8H2,1H3,(H,16,17). The number of nitriles is 1. The molecule has 0 amide bonds. The summed E-state index contributed by atoms with van der Waals surface area (Å²) in [7, 11) is 1.46. The molecule has 6 nitrogen and oxygen atoms in total. The van der Waals surface area contributed by atoms with Gasteiger partial charge < -0.3 is 19.0 Å². The monoisotopic (exact) mass is 273 g/mol. The summed E-state index contributed by atoms with van der Waals surface area (Å²) >= 11 is 0. The van der Waals surface area contributed by atoms with Gasteiger partial charge in [0.25, 0.3) is 0 Å². The number of carbonyl (C=O) groups is 1. The average Bonchev–Trinajstić information content (AvgIpc) is 2.93. The molecule has 2 rings (SSSR count). The second-order valence-corrected chi connectivity index (χ2v) is 3.85. The second-order valence-electron chi connectivity index (χ2n) is 3.85. The second kappa shape index (κ2) is 5.80. The molecule has 6 heteroatoms. The number of carboxylic acid groups (broad SMARTS) is 1. The van der Waals surface area contributed by atoms with Gasteiger partial charge in [-0.25, -0.2) is 4.79 Å². The van der Waals surface area contributed by atoms with Gasteiger partial charge in [-0.2, -0.15) is 5.26 Å². The fourth-order valence-electron chi connectivity index (χ4n) is 1.65. The van der Waals surface area contributed by atoms with E-state index in [-0.39, 0.29) is 12.4 Å². The van der Waals surface area contributed by atoms with Crippen LogP contribution in [0, 0.1) is 11.3 Å². The van der Waals surface area contributed by atoms with Crippen LogP contribution in [0.5, 0.6) is 11.5 Å². The van der Waals surface area contributed by atoms with E-state index in [0.29, 0.717) is 22.6 Å². The highest BCUT2D eigenvalue weighted by Gasteiger charge is 2.15. The molecule has 0 aliphatic rings. The highest BCUT2D eigenvalue weighted by molar-refractivity contribution is 5.86. The summed E-state index contributed by atoms with van der Waals surface area (Å²) in [6.45, 7) is 0.0282. The third-order valence-corrected chi connectivity index (χ3v) is 2.62. The van der Waals surface area contributed by atoms with Crippen LogP contribution >= 0.6 is 0 Å². The van der Waals surface area contributed by atoms with Crippen LogP contribution in [0.15, 0.2) is 34.9 Å². The maximum atomic E-state index is 10.9. The van der Waals surface area contributed by atoms with Crippen LogP contribution in [-0.4, -0.2) is 18.2 Å². The maximum Gasteiger partial charge on any atom is 0.372 e. The lowest BCUT2D eigenvalue weighted by molar-refractivity contribution is 0.0658. The van der Waals surface area contributed by atoms with Gasteiger partial charge >= 0.3 is 5.97 Å². The smallest absolute Gasteiger partial charge is 0.372 e. The number of aromatic carboxylic acids is 1. The van der Waals surface area contributed by atoms with E-state index in [2.05, 4.69) is 0 Å². The Labute approximate surface area is 114 Å². The van der Waals surface area contributed by atoms with Crippen molar-refractivity contribution in [3.8, 4) is 17.6 Å². The Kier molecular flexibility index (Phi) is 3.91. The van der Waals surface area contributed by atoms with E-state index in [1.807, 2.05) is 6.07 Å². The molecule has 20 heavy (non-hydrogen) atoms. The maximum absolute atomic E-state index is 10.9. The highest BCUT2D eigenvalue weighted by Crippen LogP contribution is 2.29. The molecule has 0 atom stereocenters. The Morgan fingerprint density at radius 2 is 2.20 bits per heavy atom. The Morgan fingerprint density at radius 3 is 2.85 bits per heavy atom. The lowest BCUT2D eigenvalue weighted by Crippen LogP contribution is -2.03. The van der Waals surface area contributed by atoms with E-state index >= 15 is 0 Å². The summed E-state index contributed by atoms with van der Waals surface area (Å²) in [5.74, 6) is -0.480. The normalized spacial score (nSPS) is 9.80. The van der Waals surface area contributed by atoms with Crippen molar-refractivity contribution >= 4 is 5.97 Å². The van der Waals surface area contributed by atoms with Crippen LogP contribution in [0.25, 0.3) is 0 Å². The summed E-state index contributed by atoms with van der Waals surface area (Å²) < 4.78 is 15.5. The SMILES string of the molecule is COc1cc(C#N)ccc1OCc1ccoc1C(=O)O. The number of hydrogen-bond acceptors (Lipinski definition) is 5. The number of methoxy groups -OCH3 is 1. The molecule has 2 aromatic rings. The molecule has 0 fully saturated rings. The number of ether oxygens (including phenoxy) is 2. The molecule has 0 unspecified atom stereocenters. The van der Waals surface area contributed by atoms with E-state index in [0.717, 1.165) is 0 Å². The van der Waals surface area contributed by atoms with Crippen molar-refractivity contribution in [2.75, 3.05) is 7.11 Å². The van der Waals surface area contributed by atoms with Crippen LogP contribution in [0.1, 0.15) is 21.7 Å². The van der Waals surface area contributed by atoms with Gasteiger partial charge in [-0.1, -0.05) is 0 Å². The van der Waals surface area contributed by atoms with Crippen LogP contribution in [0.4, 0.5) is 0 Å². The fraction of sp³-hybridized carbons (Fsp3) is 0.143. The van der Waals surface area contributed by atoms with Crippen molar-refractivity contribution in [3.63, 3.8) is 0 Å². The zero-order valence-electron chi connectivity index (χ0n) is 10.6. The topological polar surface area (TPSA) is 92.7 Å². The fourth-order valence-corrected chi connectivity index (χ4v) is 1.65. The van der Waals surface area contributed by atoms with Crippen molar-refractivity contribution in [2.45, 2.75) is 6.61 Å². The van der Waals surface area contributed by atoms with Gasteiger partial charge in [-0.05, 0) is 18.2 Å². The Bertz CT molecular complexity index is 668. The molecular formula is C14H11NO5. The number of furan rings is 1. The number of carboxylic acids is 1. The number of nitrogens with zero attached hydrogens (tertiary/aromatic N) is 1. The van der Waals surface area contributed by atoms with Crippen LogP contribution in [0.2, 0.25) is 0 Å². The average molecular weight is 273 g/mol. The van der Waals surface area contributed by atoms with E-state index < -0.39 is 5.97 Å². The largest absolute Gasteiger partial charge is 0.493 e. The summed E-state index contributed by atoms with van der Waals surface area (Å²) in [6, 6.07) is 8.25. The van der Waals surface area contributed by atoms with E-state index in [1.54, 1.807) is 18.2 Å². The minimum atomic E-state index is -1.15. The Hall–Kier alpha value is -2.94. The Morgan fingerprint density at radius 1 is 1.40 bits per heavy atom. The molecule has 1 aromatic carbocycles. The first-order valence-corrected chi connectivity index (χ1v) is 5.66. The minimum absolute atomic E-state index is 0.0282. The summed E-state index contributed by atoms with van der Waals surface area (Å²) in [5, 5.41) is 17.7.